The Morgan fingerprint density at radius 2 is 1.40 bits per heavy atom. The maximum absolute atomic E-state index is 3.35. The van der Waals surface area contributed by atoms with Crippen LogP contribution in [0.25, 0.3) is 0 Å². The highest BCUT2D eigenvalue weighted by Crippen LogP contribution is 1.79. The first-order valence-electron chi connectivity index (χ1n) is 3.99. The van der Waals surface area contributed by atoms with Crippen molar-refractivity contribution in [2.24, 2.45) is 0 Å². The van der Waals surface area contributed by atoms with Crippen molar-refractivity contribution < 1.29 is 0 Å². The van der Waals surface area contributed by atoms with E-state index in [1.807, 2.05) is 0 Å². The van der Waals surface area contributed by atoms with Crippen LogP contribution < -0.4 is 10.6 Å². The highest BCUT2D eigenvalue weighted by atomic mass is 15.1. The standard InChI is InChI=1S/C6H16BN3/c7-10-5-3-8-1-2-9-4-6-10/h8-9H,1-7H2. The van der Waals surface area contributed by atoms with Gasteiger partial charge in [-0.05, 0) is 13.1 Å². The Hall–Kier alpha value is -0.0551. The maximum atomic E-state index is 3.35. The van der Waals surface area contributed by atoms with Crippen molar-refractivity contribution in [1.82, 2.24) is 15.4 Å². The summed E-state index contributed by atoms with van der Waals surface area (Å²) in [5.41, 5.74) is 0. The van der Waals surface area contributed by atoms with Gasteiger partial charge in [-0.25, -0.2) is 0 Å². The Morgan fingerprint density at radius 1 is 0.900 bits per heavy atom. The fraction of sp³-hybridized carbons (Fsp3) is 1.00. The van der Waals surface area contributed by atoms with Crippen LogP contribution in [0.4, 0.5) is 0 Å². The molecule has 0 saturated carbocycles. The lowest BCUT2D eigenvalue weighted by atomic mass is 10.3. The molecule has 0 aromatic heterocycles. The van der Waals surface area contributed by atoms with Gasteiger partial charge in [-0.2, -0.15) is 0 Å². The summed E-state index contributed by atoms with van der Waals surface area (Å²) in [6.07, 6.45) is 0. The van der Waals surface area contributed by atoms with Crippen LogP contribution in [-0.2, 0) is 0 Å². The molecular formula is C6H16BN3. The summed E-state index contributed by atoms with van der Waals surface area (Å²) in [5, 5.41) is 6.71. The monoisotopic (exact) mass is 141 g/mol. The summed E-state index contributed by atoms with van der Waals surface area (Å²) in [6, 6.07) is 0. The van der Waals surface area contributed by atoms with Gasteiger partial charge in [0.25, 0.3) is 0 Å². The Balaban J connectivity index is 2.15. The summed E-state index contributed by atoms with van der Waals surface area (Å²) in [5.74, 6) is 0. The van der Waals surface area contributed by atoms with Crippen molar-refractivity contribution in [3.8, 4) is 0 Å². The van der Waals surface area contributed by atoms with Gasteiger partial charge < -0.3 is 15.4 Å². The van der Waals surface area contributed by atoms with Gasteiger partial charge in [-0.3, -0.25) is 0 Å². The lowest BCUT2D eigenvalue weighted by molar-refractivity contribution is 0.455. The predicted molar refractivity (Wildman–Crippen MR) is 45.9 cm³/mol. The first-order valence-corrected chi connectivity index (χ1v) is 3.99. The van der Waals surface area contributed by atoms with Crippen LogP contribution in [0.5, 0.6) is 0 Å². The lowest BCUT2D eigenvalue weighted by Gasteiger charge is -2.14. The fourth-order valence-corrected chi connectivity index (χ4v) is 1.08. The molecule has 1 aliphatic heterocycles. The average Bonchev–Trinajstić information content (AvgIpc) is 2.02. The van der Waals surface area contributed by atoms with Crippen LogP contribution in [0, 0.1) is 0 Å². The summed E-state index contributed by atoms with van der Waals surface area (Å²) in [6.45, 7) is 6.79. The molecular weight excluding hydrogens is 125 g/mol. The maximum Gasteiger partial charge on any atom is 0.185 e. The summed E-state index contributed by atoms with van der Waals surface area (Å²) >= 11 is 0. The molecule has 2 N–H and O–H groups in total. The average molecular weight is 141 g/mol. The molecule has 1 rings (SSSR count). The Labute approximate surface area is 63.6 Å². The third-order valence-electron chi connectivity index (χ3n) is 1.82. The van der Waals surface area contributed by atoms with E-state index in [0.29, 0.717) is 0 Å². The minimum Gasteiger partial charge on any atom is -0.347 e. The molecule has 1 saturated heterocycles. The van der Waals surface area contributed by atoms with Crippen LogP contribution in [-0.4, -0.2) is 52.1 Å². The van der Waals surface area contributed by atoms with Gasteiger partial charge in [-0.15, -0.1) is 0 Å². The molecule has 0 spiro atoms. The van der Waals surface area contributed by atoms with Crippen LogP contribution in [0.3, 0.4) is 0 Å². The third kappa shape index (κ3) is 3.20. The summed E-state index contributed by atoms with van der Waals surface area (Å²) < 4.78 is 0. The molecule has 0 aromatic carbocycles. The smallest absolute Gasteiger partial charge is 0.185 e. The van der Waals surface area contributed by atoms with Gasteiger partial charge in [0, 0.05) is 26.2 Å². The zero-order valence-corrected chi connectivity index (χ0v) is 6.69. The van der Waals surface area contributed by atoms with Crippen molar-refractivity contribution in [2.45, 2.75) is 0 Å². The molecule has 0 bridgehead atoms. The largest absolute Gasteiger partial charge is 0.347 e. The van der Waals surface area contributed by atoms with Crippen molar-refractivity contribution in [3.05, 3.63) is 0 Å². The topological polar surface area (TPSA) is 27.3 Å². The molecule has 0 aliphatic carbocycles. The van der Waals surface area contributed by atoms with Crippen molar-refractivity contribution in [2.75, 3.05) is 39.3 Å². The van der Waals surface area contributed by atoms with E-state index in [9.17, 15) is 0 Å². The molecule has 0 unspecified atom stereocenters. The normalized spacial score (nSPS) is 24.8. The van der Waals surface area contributed by atoms with Gasteiger partial charge in [0.1, 0.15) is 0 Å². The Bertz CT molecular complexity index is 79.1. The third-order valence-corrected chi connectivity index (χ3v) is 1.82. The van der Waals surface area contributed by atoms with Gasteiger partial charge in [-0.1, -0.05) is 0 Å². The van der Waals surface area contributed by atoms with E-state index in [2.05, 4.69) is 23.4 Å². The van der Waals surface area contributed by atoms with E-state index in [1.54, 1.807) is 0 Å². The lowest BCUT2D eigenvalue weighted by Crippen LogP contribution is -2.31. The van der Waals surface area contributed by atoms with Gasteiger partial charge in [0.05, 0.1) is 0 Å². The molecule has 0 aromatic rings. The number of nitrogens with one attached hydrogen (secondary N) is 2. The van der Waals surface area contributed by atoms with Crippen molar-refractivity contribution >= 4 is 7.98 Å². The molecule has 4 heteroatoms. The number of hydrogen-bond acceptors (Lipinski definition) is 3. The predicted octanol–water partition coefficient (Wildman–Crippen LogP) is -1.97. The number of nitrogens with zero attached hydrogens (tertiary/aromatic N) is 1. The molecule has 58 valence electrons. The van der Waals surface area contributed by atoms with Crippen LogP contribution in [0.15, 0.2) is 0 Å². The molecule has 0 atom stereocenters. The Kier molecular flexibility index (Phi) is 3.79. The van der Waals surface area contributed by atoms with Crippen molar-refractivity contribution in [1.29, 1.82) is 0 Å². The SMILES string of the molecule is BN1CCNCCNCC1. The second kappa shape index (κ2) is 4.71. The second-order valence-electron chi connectivity index (χ2n) is 2.80. The minimum absolute atomic E-state index is 1.10. The summed E-state index contributed by atoms with van der Waals surface area (Å²) in [7, 11) is 2.16. The van der Waals surface area contributed by atoms with Gasteiger partial charge in [0.15, 0.2) is 7.98 Å². The molecule has 1 fully saturated rings. The number of rotatable bonds is 0. The zero-order chi connectivity index (χ0) is 7.23. The van der Waals surface area contributed by atoms with E-state index < -0.39 is 0 Å². The highest BCUT2D eigenvalue weighted by molar-refractivity contribution is 6.04. The van der Waals surface area contributed by atoms with Crippen LogP contribution in [0.1, 0.15) is 0 Å². The zero-order valence-electron chi connectivity index (χ0n) is 6.69. The van der Waals surface area contributed by atoms with Crippen molar-refractivity contribution in [3.63, 3.8) is 0 Å². The van der Waals surface area contributed by atoms with Crippen LogP contribution >= 0.6 is 0 Å². The summed E-state index contributed by atoms with van der Waals surface area (Å²) in [4.78, 5) is 2.34. The van der Waals surface area contributed by atoms with E-state index in [1.165, 1.54) is 13.1 Å². The first-order chi connectivity index (χ1) is 4.89. The second-order valence-corrected chi connectivity index (χ2v) is 2.80. The van der Waals surface area contributed by atoms with Gasteiger partial charge in [0.2, 0.25) is 0 Å². The molecule has 10 heavy (non-hydrogen) atoms. The Morgan fingerprint density at radius 3 is 1.90 bits per heavy atom. The fourth-order valence-electron chi connectivity index (χ4n) is 1.08. The van der Waals surface area contributed by atoms with Gasteiger partial charge >= 0.3 is 0 Å². The van der Waals surface area contributed by atoms with Crippen LogP contribution in [0.2, 0.25) is 0 Å². The number of hydrogen-bond donors (Lipinski definition) is 2. The molecule has 1 heterocycles. The highest BCUT2D eigenvalue weighted by Gasteiger charge is 1.99. The first kappa shape index (κ1) is 8.05. The minimum atomic E-state index is 1.10. The van der Waals surface area contributed by atoms with E-state index in [4.69, 9.17) is 0 Å². The van der Waals surface area contributed by atoms with E-state index in [-0.39, 0.29) is 0 Å². The molecule has 1 aliphatic rings. The molecule has 0 amide bonds. The quantitative estimate of drug-likeness (QED) is 0.383. The van der Waals surface area contributed by atoms with E-state index >= 15 is 0 Å². The van der Waals surface area contributed by atoms with E-state index in [0.717, 1.165) is 26.2 Å². The molecule has 3 nitrogen and oxygen atoms in total. The molecule has 0 radical (unpaired) electrons.